The number of ether oxygens (including phenoxy) is 2. The van der Waals surface area contributed by atoms with E-state index in [1.807, 2.05) is 6.92 Å². The van der Waals surface area contributed by atoms with Gasteiger partial charge in [-0.25, -0.2) is 21.1 Å². The van der Waals surface area contributed by atoms with Crippen LogP contribution in [0.4, 0.5) is 5.69 Å². The van der Waals surface area contributed by atoms with E-state index in [9.17, 15) is 21.6 Å². The average molecular weight is 560 g/mol. The third-order valence-electron chi connectivity index (χ3n) is 5.88. The number of aryl methyl sites for hydroxylation is 1. The number of fused-ring (bicyclic) bond motifs is 1. The van der Waals surface area contributed by atoms with Crippen molar-refractivity contribution < 1.29 is 31.1 Å². The summed E-state index contributed by atoms with van der Waals surface area (Å²) in [6.07, 6.45) is -1.07. The molecule has 1 aliphatic rings. The van der Waals surface area contributed by atoms with E-state index in [2.05, 4.69) is 5.32 Å². The number of sulfonamides is 2. The summed E-state index contributed by atoms with van der Waals surface area (Å²) < 4.78 is 65.0. The molecule has 0 unspecified atom stereocenters. The molecule has 0 saturated carbocycles. The van der Waals surface area contributed by atoms with E-state index in [-0.39, 0.29) is 29.5 Å². The molecular weight excluding hydrogens is 530 g/mol. The van der Waals surface area contributed by atoms with E-state index in [0.717, 1.165) is 9.87 Å². The Labute approximate surface area is 222 Å². The number of hydrogen-bond donors (Lipinski definition) is 1. The summed E-state index contributed by atoms with van der Waals surface area (Å²) in [4.78, 5) is 13.2. The normalized spacial score (nSPS) is 15.5. The van der Waals surface area contributed by atoms with Crippen LogP contribution >= 0.6 is 0 Å². The van der Waals surface area contributed by atoms with Gasteiger partial charge in [-0.05, 0) is 61.0 Å². The van der Waals surface area contributed by atoms with Crippen molar-refractivity contribution in [2.24, 2.45) is 0 Å². The monoisotopic (exact) mass is 559 g/mol. The van der Waals surface area contributed by atoms with Gasteiger partial charge in [0, 0.05) is 14.1 Å². The molecule has 12 heteroatoms. The Morgan fingerprint density at radius 1 is 1.00 bits per heavy atom. The molecule has 0 fully saturated rings. The molecule has 1 amide bonds. The van der Waals surface area contributed by atoms with Crippen molar-refractivity contribution >= 4 is 31.6 Å². The van der Waals surface area contributed by atoms with E-state index in [0.29, 0.717) is 17.2 Å². The predicted octanol–water partition coefficient (Wildman–Crippen LogP) is 2.40. The lowest BCUT2D eigenvalue weighted by molar-refractivity contribution is -0.127. The fraction of sp³-hybridized carbons (Fsp3) is 0.269. The number of carbonyl (C=O) groups is 1. The van der Waals surface area contributed by atoms with Crippen LogP contribution < -0.4 is 19.1 Å². The molecule has 1 heterocycles. The number of amides is 1. The Balaban J connectivity index is 1.41. The molecule has 0 radical (unpaired) electrons. The number of carbonyl (C=O) groups excluding carboxylic acids is 1. The summed E-state index contributed by atoms with van der Waals surface area (Å²) in [5.41, 5.74) is 1.23. The summed E-state index contributed by atoms with van der Waals surface area (Å²) >= 11 is 0. The van der Waals surface area contributed by atoms with Gasteiger partial charge >= 0.3 is 0 Å². The number of hydrogen-bond acceptors (Lipinski definition) is 7. The maximum Gasteiger partial charge on any atom is 0.264 e. The second-order valence-electron chi connectivity index (χ2n) is 8.83. The highest BCUT2D eigenvalue weighted by molar-refractivity contribution is 7.92. The van der Waals surface area contributed by atoms with Crippen LogP contribution in [-0.4, -0.2) is 66.9 Å². The van der Waals surface area contributed by atoms with Gasteiger partial charge in [0.15, 0.2) is 6.10 Å². The zero-order valence-electron chi connectivity index (χ0n) is 21.2. The van der Waals surface area contributed by atoms with E-state index < -0.39 is 32.1 Å². The molecule has 0 saturated heterocycles. The van der Waals surface area contributed by atoms with Crippen molar-refractivity contribution in [1.29, 1.82) is 0 Å². The Kier molecular flexibility index (Phi) is 7.95. The molecule has 38 heavy (non-hydrogen) atoms. The van der Waals surface area contributed by atoms with Crippen molar-refractivity contribution in [3.05, 3.63) is 78.4 Å². The van der Waals surface area contributed by atoms with Gasteiger partial charge in [-0.3, -0.25) is 9.10 Å². The lowest BCUT2D eigenvalue weighted by Crippen LogP contribution is -2.51. The minimum absolute atomic E-state index is 0.111. The molecular formula is C26H29N3O7S2. The minimum Gasteiger partial charge on any atom is -0.492 e. The summed E-state index contributed by atoms with van der Waals surface area (Å²) in [5, 5.41) is 2.72. The van der Waals surface area contributed by atoms with Gasteiger partial charge in [0.05, 0.1) is 28.6 Å². The van der Waals surface area contributed by atoms with Gasteiger partial charge in [-0.2, -0.15) is 0 Å². The molecule has 3 aromatic carbocycles. The van der Waals surface area contributed by atoms with Gasteiger partial charge in [-0.1, -0.05) is 24.3 Å². The highest BCUT2D eigenvalue weighted by atomic mass is 32.2. The molecule has 3 aromatic rings. The summed E-state index contributed by atoms with van der Waals surface area (Å²) in [6, 6.07) is 19.1. The SMILES string of the molecule is Cc1ccc2c(c1)O[C@H](C(=O)NCCOc1ccc(S(=O)(=O)N(C)C)cc1)CN2S(=O)(=O)c1ccccc1. The van der Waals surface area contributed by atoms with Crippen LogP contribution in [0.5, 0.6) is 11.5 Å². The number of nitrogens with one attached hydrogen (secondary N) is 1. The molecule has 4 rings (SSSR count). The van der Waals surface area contributed by atoms with Gasteiger partial charge in [0.2, 0.25) is 10.0 Å². The van der Waals surface area contributed by atoms with Crippen molar-refractivity contribution in [3.63, 3.8) is 0 Å². The molecule has 1 N–H and O–H groups in total. The largest absolute Gasteiger partial charge is 0.492 e. The highest BCUT2D eigenvalue weighted by Gasteiger charge is 2.37. The van der Waals surface area contributed by atoms with Gasteiger partial charge in [0.25, 0.3) is 15.9 Å². The summed E-state index contributed by atoms with van der Waals surface area (Å²) in [7, 11) is -4.57. The van der Waals surface area contributed by atoms with Crippen molar-refractivity contribution in [3.8, 4) is 11.5 Å². The minimum atomic E-state index is -3.93. The Morgan fingerprint density at radius 2 is 1.68 bits per heavy atom. The number of rotatable bonds is 9. The van der Waals surface area contributed by atoms with E-state index in [1.165, 1.54) is 54.8 Å². The average Bonchev–Trinajstić information content (AvgIpc) is 2.90. The topological polar surface area (TPSA) is 122 Å². The molecule has 0 aliphatic carbocycles. The van der Waals surface area contributed by atoms with Gasteiger partial charge in [-0.15, -0.1) is 0 Å². The first-order chi connectivity index (χ1) is 18.0. The van der Waals surface area contributed by atoms with Crippen LogP contribution in [0.3, 0.4) is 0 Å². The molecule has 202 valence electrons. The van der Waals surface area contributed by atoms with Crippen molar-refractivity contribution in [2.75, 3.05) is 38.1 Å². The van der Waals surface area contributed by atoms with Crippen LogP contribution in [0.2, 0.25) is 0 Å². The van der Waals surface area contributed by atoms with Gasteiger partial charge in [0.1, 0.15) is 18.1 Å². The smallest absolute Gasteiger partial charge is 0.264 e. The van der Waals surface area contributed by atoms with E-state index in [4.69, 9.17) is 9.47 Å². The van der Waals surface area contributed by atoms with E-state index in [1.54, 1.807) is 36.4 Å². The Morgan fingerprint density at radius 3 is 2.34 bits per heavy atom. The van der Waals surface area contributed by atoms with E-state index >= 15 is 0 Å². The quantitative estimate of drug-likeness (QED) is 0.400. The fourth-order valence-corrected chi connectivity index (χ4v) is 6.22. The Hall–Kier alpha value is -3.61. The summed E-state index contributed by atoms with van der Waals surface area (Å²) in [6.45, 7) is 1.90. The Bertz CT molecular complexity index is 1510. The van der Waals surface area contributed by atoms with Crippen LogP contribution in [0.15, 0.2) is 82.6 Å². The van der Waals surface area contributed by atoms with Crippen LogP contribution in [0.25, 0.3) is 0 Å². The van der Waals surface area contributed by atoms with Crippen LogP contribution in [0.1, 0.15) is 5.56 Å². The maximum absolute atomic E-state index is 13.4. The standard InChI is InChI=1S/C26H29N3O7S2/c1-19-9-14-23-24(17-19)36-25(18-29(23)38(33,34)21-7-5-4-6-8-21)26(30)27-15-16-35-20-10-12-22(13-11-20)37(31,32)28(2)3/h4-14,17,25H,15-16,18H2,1-3H3,(H,27,30)/t25-/m0/s1. The second kappa shape index (κ2) is 11.0. The number of nitrogens with zero attached hydrogens (tertiary/aromatic N) is 2. The first-order valence-electron chi connectivity index (χ1n) is 11.8. The number of benzene rings is 3. The van der Waals surface area contributed by atoms with Crippen LogP contribution in [0, 0.1) is 6.92 Å². The number of anilines is 1. The molecule has 1 aliphatic heterocycles. The van der Waals surface area contributed by atoms with Crippen LogP contribution in [-0.2, 0) is 24.8 Å². The first kappa shape index (κ1) is 27.4. The summed E-state index contributed by atoms with van der Waals surface area (Å²) in [5.74, 6) is 0.261. The molecule has 1 atom stereocenters. The van der Waals surface area contributed by atoms with Crippen molar-refractivity contribution in [2.45, 2.75) is 22.8 Å². The third-order valence-corrected chi connectivity index (χ3v) is 9.50. The second-order valence-corrected chi connectivity index (χ2v) is 12.8. The van der Waals surface area contributed by atoms with Crippen molar-refractivity contribution in [1.82, 2.24) is 9.62 Å². The molecule has 0 spiro atoms. The third kappa shape index (κ3) is 5.77. The maximum atomic E-state index is 13.4. The fourth-order valence-electron chi connectivity index (χ4n) is 3.82. The predicted molar refractivity (Wildman–Crippen MR) is 142 cm³/mol. The van der Waals surface area contributed by atoms with Gasteiger partial charge < -0.3 is 14.8 Å². The lowest BCUT2D eigenvalue weighted by Gasteiger charge is -2.35. The molecule has 0 bridgehead atoms. The first-order valence-corrected chi connectivity index (χ1v) is 14.7. The zero-order chi connectivity index (χ0) is 27.5. The molecule has 0 aromatic heterocycles. The molecule has 10 nitrogen and oxygen atoms in total. The highest BCUT2D eigenvalue weighted by Crippen LogP contribution is 2.37. The zero-order valence-corrected chi connectivity index (χ0v) is 22.8. The lowest BCUT2D eigenvalue weighted by atomic mass is 10.1.